The number of amides is 1. The average molecular weight is 363 g/mol. The Morgan fingerprint density at radius 2 is 1.84 bits per heavy atom. The number of hydrogen-bond donors (Lipinski definition) is 1. The molecule has 7 heteroatoms. The summed E-state index contributed by atoms with van der Waals surface area (Å²) in [6.45, 7) is 6.40. The molecule has 0 unspecified atom stereocenters. The van der Waals surface area contributed by atoms with Crippen molar-refractivity contribution >= 4 is 21.6 Å². The molecule has 1 amide bonds. The second-order valence-electron chi connectivity index (χ2n) is 5.77. The van der Waals surface area contributed by atoms with Gasteiger partial charge in [0, 0.05) is 32.0 Å². The summed E-state index contributed by atoms with van der Waals surface area (Å²) in [4.78, 5) is 12.7. The highest BCUT2D eigenvalue weighted by Crippen LogP contribution is 2.20. The minimum atomic E-state index is -3.59. The number of rotatable bonds is 7. The van der Waals surface area contributed by atoms with Crippen LogP contribution in [0.5, 0.6) is 0 Å². The van der Waals surface area contributed by atoms with Crippen LogP contribution in [0.15, 0.2) is 41.4 Å². The first-order valence-corrected chi connectivity index (χ1v) is 9.84. The van der Waals surface area contributed by atoms with E-state index < -0.39 is 10.0 Å². The van der Waals surface area contributed by atoms with Crippen molar-refractivity contribution in [2.24, 2.45) is 7.05 Å². The number of nitrogens with zero attached hydrogens (tertiary/aromatic N) is 2. The molecule has 25 heavy (non-hydrogen) atoms. The summed E-state index contributed by atoms with van der Waals surface area (Å²) in [6.07, 6.45) is 2.35. The fourth-order valence-corrected chi connectivity index (χ4v) is 4.21. The highest BCUT2D eigenvalue weighted by molar-refractivity contribution is 7.89. The van der Waals surface area contributed by atoms with Crippen LogP contribution in [-0.4, -0.2) is 36.3 Å². The zero-order chi connectivity index (χ0) is 18.6. The Balaban J connectivity index is 2.28. The minimum absolute atomic E-state index is 0.131. The first kappa shape index (κ1) is 19.2. The second kappa shape index (κ2) is 7.84. The average Bonchev–Trinajstić information content (AvgIpc) is 2.98. The van der Waals surface area contributed by atoms with E-state index in [-0.39, 0.29) is 10.8 Å². The smallest absolute Gasteiger partial charge is 0.272 e. The van der Waals surface area contributed by atoms with Crippen LogP contribution in [0.4, 0.5) is 5.69 Å². The Kier molecular flexibility index (Phi) is 6.02. The molecule has 1 aromatic carbocycles. The van der Waals surface area contributed by atoms with Crippen molar-refractivity contribution in [3.8, 4) is 0 Å². The van der Waals surface area contributed by atoms with E-state index in [4.69, 9.17) is 0 Å². The van der Waals surface area contributed by atoms with Crippen molar-refractivity contribution in [1.82, 2.24) is 8.87 Å². The summed E-state index contributed by atoms with van der Waals surface area (Å²) >= 11 is 0. The molecule has 1 heterocycles. The van der Waals surface area contributed by atoms with Gasteiger partial charge in [0.2, 0.25) is 10.0 Å². The maximum atomic E-state index is 12.6. The summed E-state index contributed by atoms with van der Waals surface area (Å²) in [7, 11) is -1.92. The van der Waals surface area contributed by atoms with Gasteiger partial charge in [-0.3, -0.25) is 4.79 Å². The van der Waals surface area contributed by atoms with Crippen LogP contribution in [0.1, 0.15) is 36.8 Å². The standard InChI is InChI=1S/C18H25N3O3S/c1-5-14-9-8-10-15(11-14)19-18(22)17-12-16(13-20(17)4)25(23,24)21(6-2)7-3/h8-13H,5-7H2,1-4H3,(H,19,22). The van der Waals surface area contributed by atoms with Crippen molar-refractivity contribution in [3.05, 3.63) is 47.8 Å². The molecular formula is C18H25N3O3S. The van der Waals surface area contributed by atoms with Gasteiger partial charge in [-0.2, -0.15) is 4.31 Å². The van der Waals surface area contributed by atoms with Gasteiger partial charge in [-0.25, -0.2) is 8.42 Å². The number of anilines is 1. The molecule has 0 radical (unpaired) electrons. The van der Waals surface area contributed by atoms with Crippen LogP contribution in [0.3, 0.4) is 0 Å². The van der Waals surface area contributed by atoms with Gasteiger partial charge in [-0.15, -0.1) is 0 Å². The predicted octanol–water partition coefficient (Wildman–Crippen LogP) is 2.87. The minimum Gasteiger partial charge on any atom is -0.345 e. The maximum absolute atomic E-state index is 12.6. The quantitative estimate of drug-likeness (QED) is 0.822. The Hall–Kier alpha value is -2.12. The van der Waals surface area contributed by atoms with E-state index >= 15 is 0 Å². The molecular weight excluding hydrogens is 338 g/mol. The topological polar surface area (TPSA) is 71.4 Å². The lowest BCUT2D eigenvalue weighted by atomic mass is 10.1. The van der Waals surface area contributed by atoms with Crippen molar-refractivity contribution in [2.75, 3.05) is 18.4 Å². The second-order valence-corrected chi connectivity index (χ2v) is 7.71. The van der Waals surface area contributed by atoms with E-state index in [1.54, 1.807) is 20.9 Å². The largest absolute Gasteiger partial charge is 0.345 e. The SMILES string of the molecule is CCc1cccc(NC(=O)c2cc(S(=O)(=O)N(CC)CC)cn2C)c1. The summed E-state index contributed by atoms with van der Waals surface area (Å²) < 4.78 is 28.1. The molecule has 0 aliphatic carbocycles. The number of carbonyl (C=O) groups is 1. The summed E-state index contributed by atoms with van der Waals surface area (Å²) in [5.74, 6) is -0.336. The lowest BCUT2D eigenvalue weighted by molar-refractivity contribution is 0.101. The highest BCUT2D eigenvalue weighted by Gasteiger charge is 2.25. The van der Waals surface area contributed by atoms with Crippen molar-refractivity contribution in [1.29, 1.82) is 0 Å². The third-order valence-corrected chi connectivity index (χ3v) is 6.16. The van der Waals surface area contributed by atoms with Crippen molar-refractivity contribution < 1.29 is 13.2 Å². The van der Waals surface area contributed by atoms with Gasteiger partial charge in [0.05, 0.1) is 0 Å². The number of aryl methyl sites for hydroxylation is 2. The molecule has 0 saturated heterocycles. The Bertz CT molecular complexity index is 852. The maximum Gasteiger partial charge on any atom is 0.272 e. The number of hydrogen-bond acceptors (Lipinski definition) is 3. The van der Waals surface area contributed by atoms with Gasteiger partial charge in [0.1, 0.15) is 10.6 Å². The first-order chi connectivity index (χ1) is 11.8. The monoisotopic (exact) mass is 363 g/mol. The lowest BCUT2D eigenvalue weighted by Gasteiger charge is -2.17. The fraction of sp³-hybridized carbons (Fsp3) is 0.389. The number of carbonyl (C=O) groups excluding carboxylic acids is 1. The van der Waals surface area contributed by atoms with Gasteiger partial charge in [0.25, 0.3) is 5.91 Å². The normalized spacial score (nSPS) is 11.7. The van der Waals surface area contributed by atoms with E-state index in [2.05, 4.69) is 5.32 Å². The lowest BCUT2D eigenvalue weighted by Crippen LogP contribution is -2.30. The molecule has 2 rings (SSSR count). The van der Waals surface area contributed by atoms with Crippen LogP contribution in [0.25, 0.3) is 0 Å². The molecule has 6 nitrogen and oxygen atoms in total. The van der Waals surface area contributed by atoms with Gasteiger partial charge >= 0.3 is 0 Å². The highest BCUT2D eigenvalue weighted by atomic mass is 32.2. The van der Waals surface area contributed by atoms with Crippen LogP contribution < -0.4 is 5.32 Å². The Morgan fingerprint density at radius 3 is 2.44 bits per heavy atom. The molecule has 0 fully saturated rings. The molecule has 1 aromatic heterocycles. The summed E-state index contributed by atoms with van der Waals surface area (Å²) in [5.41, 5.74) is 2.11. The number of aromatic nitrogens is 1. The van der Waals surface area contributed by atoms with E-state index in [1.165, 1.54) is 21.1 Å². The summed E-state index contributed by atoms with van der Waals surface area (Å²) in [5, 5.41) is 2.83. The van der Waals surface area contributed by atoms with Crippen molar-refractivity contribution in [3.63, 3.8) is 0 Å². The van der Waals surface area contributed by atoms with E-state index in [0.29, 0.717) is 24.5 Å². The third kappa shape index (κ3) is 4.11. The number of sulfonamides is 1. The number of benzene rings is 1. The van der Waals surface area contributed by atoms with Crippen LogP contribution in [0.2, 0.25) is 0 Å². The van der Waals surface area contributed by atoms with E-state index in [9.17, 15) is 13.2 Å². The zero-order valence-electron chi connectivity index (χ0n) is 15.1. The van der Waals surface area contributed by atoms with E-state index in [0.717, 1.165) is 12.0 Å². The van der Waals surface area contributed by atoms with Gasteiger partial charge in [-0.05, 0) is 30.2 Å². The van der Waals surface area contributed by atoms with E-state index in [1.807, 2.05) is 31.2 Å². The molecule has 0 bridgehead atoms. The molecule has 136 valence electrons. The molecule has 0 saturated carbocycles. The zero-order valence-corrected chi connectivity index (χ0v) is 15.9. The third-order valence-electron chi connectivity index (χ3n) is 4.15. The fourth-order valence-electron chi connectivity index (χ4n) is 2.68. The molecule has 0 aliphatic rings. The van der Waals surface area contributed by atoms with Crippen LogP contribution >= 0.6 is 0 Å². The Labute approximate surface area is 149 Å². The van der Waals surface area contributed by atoms with Gasteiger partial charge in [-0.1, -0.05) is 32.9 Å². The molecule has 0 aliphatic heterocycles. The Morgan fingerprint density at radius 1 is 1.16 bits per heavy atom. The predicted molar refractivity (Wildman–Crippen MR) is 99.3 cm³/mol. The van der Waals surface area contributed by atoms with Crippen LogP contribution in [0, 0.1) is 0 Å². The summed E-state index contributed by atoms with van der Waals surface area (Å²) in [6, 6.07) is 9.03. The molecule has 0 spiro atoms. The van der Waals surface area contributed by atoms with Crippen LogP contribution in [-0.2, 0) is 23.5 Å². The van der Waals surface area contributed by atoms with Gasteiger partial charge < -0.3 is 9.88 Å². The van der Waals surface area contributed by atoms with Crippen molar-refractivity contribution in [2.45, 2.75) is 32.1 Å². The first-order valence-electron chi connectivity index (χ1n) is 8.40. The molecule has 2 aromatic rings. The number of nitrogens with one attached hydrogen (secondary N) is 1. The molecule has 0 atom stereocenters. The van der Waals surface area contributed by atoms with Gasteiger partial charge in [0.15, 0.2) is 0 Å². The molecule has 1 N–H and O–H groups in total.